The highest BCUT2D eigenvalue weighted by Crippen LogP contribution is 2.30. The van der Waals surface area contributed by atoms with Gasteiger partial charge >= 0.3 is 0 Å². The van der Waals surface area contributed by atoms with Gasteiger partial charge in [-0.2, -0.15) is 5.10 Å². The fourth-order valence-electron chi connectivity index (χ4n) is 3.31. The zero-order valence-electron chi connectivity index (χ0n) is 17.5. The second kappa shape index (κ2) is 9.19. The minimum absolute atomic E-state index is 0.105. The van der Waals surface area contributed by atoms with Crippen LogP contribution in [0, 0.1) is 5.82 Å². The van der Waals surface area contributed by atoms with Gasteiger partial charge in [-0.3, -0.25) is 14.5 Å². The number of unbranched alkanes of at least 4 members (excludes halogenated alkanes) is 1. The van der Waals surface area contributed by atoms with E-state index in [0.717, 1.165) is 19.3 Å². The molecule has 0 aliphatic carbocycles. The Morgan fingerprint density at radius 2 is 2.07 bits per heavy atom. The first-order valence-corrected chi connectivity index (χ1v) is 10.0. The smallest absolute Gasteiger partial charge is 0.250 e. The maximum atomic E-state index is 15.5. The van der Waals surface area contributed by atoms with E-state index in [-0.39, 0.29) is 23.3 Å². The van der Waals surface area contributed by atoms with Crippen molar-refractivity contribution in [1.29, 1.82) is 0 Å². The molecular weight excluding hydrogens is 385 g/mol. The van der Waals surface area contributed by atoms with Gasteiger partial charge in [-0.1, -0.05) is 19.8 Å². The maximum absolute atomic E-state index is 15.5. The number of rotatable bonds is 9. The summed E-state index contributed by atoms with van der Waals surface area (Å²) in [5, 5.41) is 6.12. The van der Waals surface area contributed by atoms with Gasteiger partial charge in [0.05, 0.1) is 28.4 Å². The molecule has 1 amide bonds. The van der Waals surface area contributed by atoms with Crippen LogP contribution in [0.1, 0.15) is 43.5 Å². The minimum Gasteiger partial charge on any atom is -0.366 e. The van der Waals surface area contributed by atoms with Crippen LogP contribution in [0.2, 0.25) is 0 Å². The number of benzene rings is 1. The lowest BCUT2D eigenvalue weighted by Crippen LogP contribution is -2.50. The fourth-order valence-corrected chi connectivity index (χ4v) is 3.31. The second-order valence-corrected chi connectivity index (χ2v) is 7.44. The standard InChI is InChI=1S/C21H28FN7O/c1-4-5-6-16(13(2)23)27-29(19-10-7-14(11-25-19)21(24)30)18-9-8-17-15(20(18)22)12-26-28(17)3/h7-13,16,27H,4-6,23H2,1-3H3,(H2,24,30)/t13-,16+/m0/s1. The molecule has 0 radical (unpaired) electrons. The van der Waals surface area contributed by atoms with Gasteiger partial charge in [0.15, 0.2) is 5.82 Å². The normalized spacial score (nSPS) is 13.4. The van der Waals surface area contributed by atoms with Crippen LogP contribution in [0.25, 0.3) is 10.9 Å². The summed E-state index contributed by atoms with van der Waals surface area (Å²) in [6, 6.07) is 6.39. The molecule has 0 saturated heterocycles. The molecule has 0 saturated carbocycles. The number of aromatic nitrogens is 3. The second-order valence-electron chi connectivity index (χ2n) is 7.44. The van der Waals surface area contributed by atoms with E-state index in [1.807, 2.05) is 6.92 Å². The Bertz CT molecular complexity index is 1020. The van der Waals surface area contributed by atoms with Crippen LogP contribution < -0.4 is 21.9 Å². The van der Waals surface area contributed by atoms with Crippen molar-refractivity contribution in [2.75, 3.05) is 5.01 Å². The third-order valence-electron chi connectivity index (χ3n) is 5.15. The minimum atomic E-state index is -0.576. The molecule has 160 valence electrons. The average molecular weight is 414 g/mol. The van der Waals surface area contributed by atoms with Crippen molar-refractivity contribution in [3.05, 3.63) is 48.0 Å². The quantitative estimate of drug-likeness (QED) is 0.465. The number of anilines is 2. The van der Waals surface area contributed by atoms with Crippen molar-refractivity contribution in [3.8, 4) is 0 Å². The summed E-state index contributed by atoms with van der Waals surface area (Å²) in [7, 11) is 1.76. The van der Waals surface area contributed by atoms with Crippen LogP contribution in [0.3, 0.4) is 0 Å². The van der Waals surface area contributed by atoms with Crippen molar-refractivity contribution < 1.29 is 9.18 Å². The Morgan fingerprint density at radius 1 is 1.30 bits per heavy atom. The van der Waals surface area contributed by atoms with Crippen LogP contribution in [0.4, 0.5) is 15.9 Å². The first-order valence-electron chi connectivity index (χ1n) is 10.0. The molecule has 30 heavy (non-hydrogen) atoms. The lowest BCUT2D eigenvalue weighted by atomic mass is 10.0. The Kier molecular flexibility index (Phi) is 6.63. The van der Waals surface area contributed by atoms with E-state index in [2.05, 4.69) is 22.4 Å². The number of fused-ring (bicyclic) bond motifs is 1. The molecule has 0 bridgehead atoms. The number of hydrogen-bond acceptors (Lipinski definition) is 6. The third kappa shape index (κ3) is 4.42. The Hall–Kier alpha value is -3.04. The molecule has 3 rings (SSSR count). The summed E-state index contributed by atoms with van der Waals surface area (Å²) in [5.41, 5.74) is 16.1. The predicted octanol–water partition coefficient (Wildman–Crippen LogP) is 2.75. The zero-order chi connectivity index (χ0) is 21.8. The monoisotopic (exact) mass is 413 g/mol. The van der Waals surface area contributed by atoms with Crippen LogP contribution in [-0.2, 0) is 7.05 Å². The molecule has 2 aromatic heterocycles. The lowest BCUT2D eigenvalue weighted by molar-refractivity contribution is 0.1000. The number of hydrogen-bond donors (Lipinski definition) is 3. The number of nitrogens with zero attached hydrogens (tertiary/aromatic N) is 4. The Morgan fingerprint density at radius 3 is 2.67 bits per heavy atom. The largest absolute Gasteiger partial charge is 0.366 e. The van der Waals surface area contributed by atoms with E-state index in [0.29, 0.717) is 16.7 Å². The van der Waals surface area contributed by atoms with Gasteiger partial charge in [-0.25, -0.2) is 14.8 Å². The highest BCUT2D eigenvalue weighted by molar-refractivity contribution is 5.92. The van der Waals surface area contributed by atoms with E-state index in [1.54, 1.807) is 41.0 Å². The van der Waals surface area contributed by atoms with Crippen LogP contribution in [0.15, 0.2) is 36.7 Å². The van der Waals surface area contributed by atoms with E-state index < -0.39 is 11.7 Å². The topological polar surface area (TPSA) is 115 Å². The van der Waals surface area contributed by atoms with E-state index in [9.17, 15) is 4.79 Å². The number of nitrogens with one attached hydrogen (secondary N) is 1. The summed E-state index contributed by atoms with van der Waals surface area (Å²) in [5.74, 6) is -0.579. The summed E-state index contributed by atoms with van der Waals surface area (Å²) < 4.78 is 17.1. The number of carbonyl (C=O) groups is 1. The highest BCUT2D eigenvalue weighted by atomic mass is 19.1. The van der Waals surface area contributed by atoms with Crippen LogP contribution in [0.5, 0.6) is 0 Å². The molecule has 5 N–H and O–H groups in total. The number of carbonyl (C=O) groups excluding carboxylic acids is 1. The summed E-state index contributed by atoms with van der Waals surface area (Å²) in [4.78, 5) is 15.7. The van der Waals surface area contributed by atoms with Crippen molar-refractivity contribution in [3.63, 3.8) is 0 Å². The Balaban J connectivity index is 2.06. The van der Waals surface area contributed by atoms with Crippen LogP contribution >= 0.6 is 0 Å². The molecule has 3 aromatic rings. The molecule has 0 aliphatic rings. The molecule has 1 aromatic carbocycles. The van der Waals surface area contributed by atoms with E-state index >= 15 is 4.39 Å². The molecular formula is C21H28FN7O. The molecule has 2 atom stereocenters. The number of primary amides is 1. The summed E-state index contributed by atoms with van der Waals surface area (Å²) in [6.45, 7) is 4.02. The predicted molar refractivity (Wildman–Crippen MR) is 116 cm³/mol. The fraction of sp³-hybridized carbons (Fsp3) is 0.381. The molecule has 0 unspecified atom stereocenters. The SMILES string of the molecule is CCCC[C@@H](NN(c1ccc(C(N)=O)cn1)c1ccc2c(cnn2C)c1F)[C@H](C)N. The molecule has 2 heterocycles. The van der Waals surface area contributed by atoms with Gasteiger partial charge in [-0.05, 0) is 37.6 Å². The van der Waals surface area contributed by atoms with Gasteiger partial charge in [0.2, 0.25) is 5.91 Å². The van der Waals surface area contributed by atoms with E-state index in [1.165, 1.54) is 12.4 Å². The summed E-state index contributed by atoms with van der Waals surface area (Å²) in [6.07, 6.45) is 5.69. The van der Waals surface area contributed by atoms with Crippen molar-refractivity contribution in [2.45, 2.75) is 45.2 Å². The number of nitrogens with two attached hydrogens (primary N) is 2. The van der Waals surface area contributed by atoms with Crippen molar-refractivity contribution in [1.82, 2.24) is 20.2 Å². The molecule has 8 nitrogen and oxygen atoms in total. The third-order valence-corrected chi connectivity index (χ3v) is 5.15. The molecule has 0 aliphatic heterocycles. The van der Waals surface area contributed by atoms with Crippen molar-refractivity contribution >= 4 is 28.3 Å². The molecule has 0 spiro atoms. The van der Waals surface area contributed by atoms with Crippen molar-refractivity contribution in [2.24, 2.45) is 18.5 Å². The number of aryl methyl sites for hydroxylation is 1. The first-order chi connectivity index (χ1) is 14.3. The highest BCUT2D eigenvalue weighted by Gasteiger charge is 2.23. The van der Waals surface area contributed by atoms with Gasteiger partial charge < -0.3 is 11.5 Å². The van der Waals surface area contributed by atoms with Crippen LogP contribution in [-0.4, -0.2) is 32.8 Å². The number of pyridine rings is 1. The number of amides is 1. The van der Waals surface area contributed by atoms with Gasteiger partial charge in [0.25, 0.3) is 0 Å². The first kappa shape index (κ1) is 21.7. The Labute approximate surface area is 175 Å². The summed E-state index contributed by atoms with van der Waals surface area (Å²) >= 11 is 0. The van der Waals surface area contributed by atoms with E-state index in [4.69, 9.17) is 11.5 Å². The average Bonchev–Trinajstić information content (AvgIpc) is 3.10. The van der Waals surface area contributed by atoms with Gasteiger partial charge in [0.1, 0.15) is 5.82 Å². The molecule has 0 fully saturated rings. The van der Waals surface area contributed by atoms with Gasteiger partial charge in [-0.15, -0.1) is 0 Å². The number of hydrazine groups is 1. The van der Waals surface area contributed by atoms with Gasteiger partial charge in [0, 0.05) is 25.3 Å². The maximum Gasteiger partial charge on any atom is 0.250 e. The lowest BCUT2D eigenvalue weighted by Gasteiger charge is -2.32. The number of halogens is 1. The zero-order valence-corrected chi connectivity index (χ0v) is 17.5. The molecule has 9 heteroatoms.